The van der Waals surface area contributed by atoms with E-state index in [1.165, 1.54) is 12.2 Å². The van der Waals surface area contributed by atoms with Crippen molar-refractivity contribution in [2.45, 2.75) is 18.4 Å². The van der Waals surface area contributed by atoms with Crippen LogP contribution in [0.4, 0.5) is 0 Å². The summed E-state index contributed by atoms with van der Waals surface area (Å²) in [7, 11) is 3.05. The second kappa shape index (κ2) is 7.48. The van der Waals surface area contributed by atoms with Crippen molar-refractivity contribution in [2.24, 2.45) is 5.92 Å². The van der Waals surface area contributed by atoms with E-state index < -0.39 is 5.54 Å². The highest BCUT2D eigenvalue weighted by Gasteiger charge is 2.50. The van der Waals surface area contributed by atoms with Crippen LogP contribution in [0.15, 0.2) is 54.6 Å². The lowest BCUT2D eigenvalue weighted by Gasteiger charge is -2.48. The van der Waals surface area contributed by atoms with E-state index in [2.05, 4.69) is 5.32 Å². The van der Waals surface area contributed by atoms with Gasteiger partial charge in [-0.1, -0.05) is 41.9 Å². The fourth-order valence-corrected chi connectivity index (χ4v) is 3.49. The minimum absolute atomic E-state index is 0.0916. The Morgan fingerprint density at radius 2 is 1.73 bits per heavy atom. The minimum Gasteiger partial charge on any atom is -0.342 e. The summed E-state index contributed by atoms with van der Waals surface area (Å²) in [6.45, 7) is 0. The molecule has 0 atom stereocenters. The molecule has 0 bridgehead atoms. The molecule has 1 fully saturated rings. The third kappa shape index (κ3) is 3.59. The van der Waals surface area contributed by atoms with Gasteiger partial charge in [-0.15, -0.1) is 0 Å². The summed E-state index contributed by atoms with van der Waals surface area (Å²) in [5.74, 6) is -0.454. The molecular formula is C20H21ClN2O3. The van der Waals surface area contributed by atoms with Crippen molar-refractivity contribution >= 4 is 23.4 Å². The first-order valence-corrected chi connectivity index (χ1v) is 8.78. The number of nitrogens with one attached hydrogen (secondary N) is 1. The molecule has 3 rings (SSSR count). The van der Waals surface area contributed by atoms with Gasteiger partial charge in [0.05, 0.1) is 12.6 Å². The molecule has 136 valence electrons. The molecule has 0 unspecified atom stereocenters. The number of rotatable bonds is 5. The van der Waals surface area contributed by atoms with Crippen LogP contribution in [0.3, 0.4) is 0 Å². The smallest absolute Gasteiger partial charge is 0.251 e. The summed E-state index contributed by atoms with van der Waals surface area (Å²) < 4.78 is 0. The Kier molecular flexibility index (Phi) is 5.30. The zero-order valence-corrected chi connectivity index (χ0v) is 15.5. The van der Waals surface area contributed by atoms with Crippen molar-refractivity contribution in [3.63, 3.8) is 0 Å². The van der Waals surface area contributed by atoms with Gasteiger partial charge in [-0.3, -0.25) is 14.4 Å². The molecule has 1 N–H and O–H groups in total. The Bertz CT molecular complexity index is 786. The summed E-state index contributed by atoms with van der Waals surface area (Å²) in [6, 6.07) is 16.4. The van der Waals surface area contributed by atoms with E-state index in [0.717, 1.165) is 5.56 Å². The Morgan fingerprint density at radius 1 is 1.12 bits per heavy atom. The third-order valence-corrected chi connectivity index (χ3v) is 5.16. The molecule has 0 radical (unpaired) electrons. The maximum absolute atomic E-state index is 12.7. The summed E-state index contributed by atoms with van der Waals surface area (Å²) in [6.07, 6.45) is 1.03. The molecule has 5 nitrogen and oxygen atoms in total. The second-order valence-electron chi connectivity index (χ2n) is 6.53. The Morgan fingerprint density at radius 3 is 2.31 bits per heavy atom. The third-order valence-electron chi connectivity index (χ3n) is 4.91. The topological polar surface area (TPSA) is 58.6 Å². The van der Waals surface area contributed by atoms with Crippen LogP contribution in [0.2, 0.25) is 5.02 Å². The number of halogens is 1. The summed E-state index contributed by atoms with van der Waals surface area (Å²) >= 11 is 6.00. The quantitative estimate of drug-likeness (QED) is 0.818. The van der Waals surface area contributed by atoms with Crippen molar-refractivity contribution in [3.8, 4) is 0 Å². The first-order chi connectivity index (χ1) is 12.4. The lowest BCUT2D eigenvalue weighted by atomic mass is 9.64. The molecular weight excluding hydrogens is 352 g/mol. The molecule has 1 aliphatic rings. The second-order valence-corrected chi connectivity index (χ2v) is 6.97. The van der Waals surface area contributed by atoms with Crippen LogP contribution in [0.25, 0.3) is 0 Å². The van der Waals surface area contributed by atoms with Crippen LogP contribution in [0.5, 0.6) is 0 Å². The zero-order valence-electron chi connectivity index (χ0n) is 14.7. The predicted octanol–water partition coefficient (Wildman–Crippen LogP) is 3.40. The van der Waals surface area contributed by atoms with Crippen molar-refractivity contribution in [1.29, 1.82) is 0 Å². The largest absolute Gasteiger partial charge is 0.342 e. The maximum Gasteiger partial charge on any atom is 0.251 e. The molecule has 0 aromatic heterocycles. The summed E-state index contributed by atoms with van der Waals surface area (Å²) in [5.41, 5.74) is 0.937. The van der Waals surface area contributed by atoms with Crippen molar-refractivity contribution < 1.29 is 14.4 Å². The number of hydroxylamine groups is 2. The number of carbonyl (C=O) groups is 2. The molecule has 2 amide bonds. The van der Waals surface area contributed by atoms with Crippen LogP contribution in [-0.2, 0) is 15.2 Å². The van der Waals surface area contributed by atoms with Crippen molar-refractivity contribution in [3.05, 3.63) is 70.7 Å². The van der Waals surface area contributed by atoms with Crippen LogP contribution in [0.1, 0.15) is 28.8 Å². The Labute approximate surface area is 157 Å². The highest BCUT2D eigenvalue weighted by molar-refractivity contribution is 6.30. The molecule has 26 heavy (non-hydrogen) atoms. The van der Waals surface area contributed by atoms with E-state index >= 15 is 0 Å². The van der Waals surface area contributed by atoms with Gasteiger partial charge in [0.15, 0.2) is 0 Å². The van der Waals surface area contributed by atoms with Crippen LogP contribution < -0.4 is 5.32 Å². The van der Waals surface area contributed by atoms with E-state index in [1.54, 1.807) is 31.3 Å². The number of amides is 2. The molecule has 2 aromatic rings. The van der Waals surface area contributed by atoms with Crippen molar-refractivity contribution in [2.75, 3.05) is 14.2 Å². The standard InChI is InChI=1S/C20H21ClN2O3/c1-23(26-2)19(25)15-12-20(13-15,16-8-10-17(21)11-9-16)22-18(24)14-6-4-3-5-7-14/h3-11,15H,12-13H2,1-2H3,(H,22,24). The van der Waals surface area contributed by atoms with Crippen LogP contribution in [0, 0.1) is 5.92 Å². The summed E-state index contributed by atoms with van der Waals surface area (Å²) in [5, 5.41) is 4.99. The van der Waals surface area contributed by atoms with Gasteiger partial charge in [-0.2, -0.15) is 0 Å². The number of carbonyl (C=O) groups excluding carboxylic acids is 2. The van der Waals surface area contributed by atoms with Gasteiger partial charge in [0.1, 0.15) is 0 Å². The van der Waals surface area contributed by atoms with E-state index in [9.17, 15) is 9.59 Å². The van der Waals surface area contributed by atoms with E-state index in [1.807, 2.05) is 30.3 Å². The zero-order chi connectivity index (χ0) is 18.7. The molecule has 0 aliphatic heterocycles. The van der Waals surface area contributed by atoms with E-state index in [4.69, 9.17) is 16.4 Å². The van der Waals surface area contributed by atoms with E-state index in [0.29, 0.717) is 23.4 Å². The fourth-order valence-electron chi connectivity index (χ4n) is 3.36. The number of benzene rings is 2. The lowest BCUT2D eigenvalue weighted by Crippen LogP contribution is -2.57. The predicted molar refractivity (Wildman–Crippen MR) is 99.5 cm³/mol. The molecule has 1 aliphatic carbocycles. The van der Waals surface area contributed by atoms with Gasteiger partial charge >= 0.3 is 0 Å². The van der Waals surface area contributed by atoms with Gasteiger partial charge in [-0.05, 0) is 42.7 Å². The normalized spacial score (nSPS) is 21.6. The monoisotopic (exact) mass is 372 g/mol. The molecule has 6 heteroatoms. The molecule has 2 aromatic carbocycles. The molecule has 0 heterocycles. The van der Waals surface area contributed by atoms with Gasteiger partial charge in [0.25, 0.3) is 5.91 Å². The maximum atomic E-state index is 12.7. The Balaban J connectivity index is 1.83. The van der Waals surface area contributed by atoms with Crippen LogP contribution in [-0.4, -0.2) is 31.0 Å². The first kappa shape index (κ1) is 18.4. The molecule has 0 spiro atoms. The minimum atomic E-state index is -0.591. The average Bonchev–Trinajstić information content (AvgIpc) is 2.64. The van der Waals surface area contributed by atoms with Gasteiger partial charge < -0.3 is 5.32 Å². The highest BCUT2D eigenvalue weighted by atomic mass is 35.5. The highest BCUT2D eigenvalue weighted by Crippen LogP contribution is 2.46. The fraction of sp³-hybridized carbons (Fsp3) is 0.300. The van der Waals surface area contributed by atoms with E-state index in [-0.39, 0.29) is 17.7 Å². The SMILES string of the molecule is CON(C)C(=O)C1CC(NC(=O)c2ccccc2)(c2ccc(Cl)cc2)C1. The number of nitrogens with zero attached hydrogens (tertiary/aromatic N) is 1. The number of hydrogen-bond acceptors (Lipinski definition) is 3. The number of hydrogen-bond donors (Lipinski definition) is 1. The van der Waals surface area contributed by atoms with Gasteiger partial charge in [0, 0.05) is 23.6 Å². The molecule has 1 saturated carbocycles. The first-order valence-electron chi connectivity index (χ1n) is 8.40. The molecule has 0 saturated heterocycles. The average molecular weight is 373 g/mol. The van der Waals surface area contributed by atoms with Crippen LogP contribution >= 0.6 is 11.6 Å². The van der Waals surface area contributed by atoms with Gasteiger partial charge in [0.2, 0.25) is 5.91 Å². The lowest BCUT2D eigenvalue weighted by molar-refractivity contribution is -0.179. The van der Waals surface area contributed by atoms with Crippen molar-refractivity contribution in [1.82, 2.24) is 10.4 Å². The Hall–Kier alpha value is -2.37. The summed E-state index contributed by atoms with van der Waals surface area (Å²) in [4.78, 5) is 30.0. The van der Waals surface area contributed by atoms with Gasteiger partial charge in [-0.25, -0.2) is 5.06 Å².